The Morgan fingerprint density at radius 3 is 2.72 bits per heavy atom. The van der Waals surface area contributed by atoms with Crippen LogP contribution in [-0.2, 0) is 0 Å². The minimum Gasteiger partial charge on any atom is -0.507 e. The van der Waals surface area contributed by atoms with Gasteiger partial charge in [-0.25, -0.2) is 9.37 Å². The summed E-state index contributed by atoms with van der Waals surface area (Å²) in [6.45, 7) is 5.71. The van der Waals surface area contributed by atoms with E-state index in [-0.39, 0.29) is 35.0 Å². The maximum atomic E-state index is 15.0. The summed E-state index contributed by atoms with van der Waals surface area (Å²) in [7, 11) is 1.86. The predicted molar refractivity (Wildman–Crippen MR) is 135 cm³/mol. The average Bonchev–Trinajstić information content (AvgIpc) is 3.48. The summed E-state index contributed by atoms with van der Waals surface area (Å²) < 4.78 is 16.6. The SMILES string of the molecule is CN(c1ccc(-c2ccc(-n3cnc(C(=O)NC(C)(C)C)c3)cc2O)nn1)[C@H]1C[C@@H]2CC[C@@H](N2)[C@H]1F. The Morgan fingerprint density at radius 2 is 2.03 bits per heavy atom. The third-order valence-corrected chi connectivity index (χ3v) is 6.92. The molecule has 2 aromatic heterocycles. The first kappa shape index (κ1) is 24.2. The molecule has 3 aromatic rings. The number of imidazole rings is 1. The van der Waals surface area contributed by atoms with Crippen molar-refractivity contribution in [3.8, 4) is 22.7 Å². The van der Waals surface area contributed by atoms with Crippen LogP contribution in [0.4, 0.5) is 10.2 Å². The van der Waals surface area contributed by atoms with Crippen LogP contribution >= 0.6 is 0 Å². The van der Waals surface area contributed by atoms with E-state index in [0.717, 1.165) is 19.3 Å². The molecule has 2 aliphatic rings. The first-order chi connectivity index (χ1) is 17.1. The summed E-state index contributed by atoms with van der Waals surface area (Å²) in [5, 5.41) is 25.6. The number of alkyl halides is 1. The maximum Gasteiger partial charge on any atom is 0.271 e. The van der Waals surface area contributed by atoms with Crippen LogP contribution in [-0.4, -0.2) is 67.6 Å². The van der Waals surface area contributed by atoms with Crippen LogP contribution in [0.2, 0.25) is 0 Å². The fourth-order valence-electron chi connectivity index (χ4n) is 5.06. The Kier molecular flexibility index (Phi) is 6.15. The van der Waals surface area contributed by atoms with E-state index >= 15 is 0 Å². The number of carbonyl (C=O) groups excluding carboxylic acids is 1. The fourth-order valence-corrected chi connectivity index (χ4v) is 5.06. The van der Waals surface area contributed by atoms with Gasteiger partial charge in [0, 0.05) is 42.5 Å². The van der Waals surface area contributed by atoms with Crippen LogP contribution in [0.5, 0.6) is 5.75 Å². The average molecular weight is 494 g/mol. The van der Waals surface area contributed by atoms with Crippen LogP contribution in [0.15, 0.2) is 42.9 Å². The van der Waals surface area contributed by atoms with Crippen molar-refractivity contribution in [1.82, 2.24) is 30.4 Å². The number of amides is 1. The number of halogens is 1. The zero-order valence-electron chi connectivity index (χ0n) is 20.9. The molecule has 0 unspecified atom stereocenters. The van der Waals surface area contributed by atoms with E-state index in [0.29, 0.717) is 28.8 Å². The van der Waals surface area contributed by atoms with Crippen molar-refractivity contribution in [2.45, 2.75) is 69.9 Å². The third kappa shape index (κ3) is 4.77. The molecule has 0 saturated carbocycles. The molecule has 2 saturated heterocycles. The number of rotatable bonds is 5. The van der Waals surface area contributed by atoms with Crippen molar-refractivity contribution in [2.75, 3.05) is 11.9 Å². The number of anilines is 1. The number of nitrogens with zero attached hydrogens (tertiary/aromatic N) is 5. The number of carbonyl (C=O) groups is 1. The lowest BCUT2D eigenvalue weighted by Gasteiger charge is -2.38. The second-order valence-corrected chi connectivity index (χ2v) is 10.8. The molecule has 4 atom stereocenters. The van der Waals surface area contributed by atoms with Crippen molar-refractivity contribution in [2.24, 2.45) is 0 Å². The highest BCUT2D eigenvalue weighted by Crippen LogP contribution is 2.34. The van der Waals surface area contributed by atoms with E-state index in [1.165, 1.54) is 6.33 Å². The normalized spacial score (nSPS) is 23.5. The molecule has 1 aromatic carbocycles. The summed E-state index contributed by atoms with van der Waals surface area (Å²) in [6, 6.07) is 8.77. The lowest BCUT2D eigenvalue weighted by molar-refractivity contribution is 0.0915. The van der Waals surface area contributed by atoms with Crippen LogP contribution in [0.1, 0.15) is 50.5 Å². The Morgan fingerprint density at radius 1 is 1.22 bits per heavy atom. The molecule has 2 fully saturated rings. The van der Waals surface area contributed by atoms with Gasteiger partial charge >= 0.3 is 0 Å². The monoisotopic (exact) mass is 493 g/mol. The van der Waals surface area contributed by atoms with Crippen LogP contribution in [0.3, 0.4) is 0 Å². The number of hydrogen-bond acceptors (Lipinski definition) is 7. The van der Waals surface area contributed by atoms with Gasteiger partial charge in [0.05, 0.1) is 17.4 Å². The Labute approximate surface area is 209 Å². The van der Waals surface area contributed by atoms with E-state index in [2.05, 4.69) is 25.8 Å². The van der Waals surface area contributed by atoms with Crippen LogP contribution in [0, 0.1) is 0 Å². The van der Waals surface area contributed by atoms with Gasteiger partial charge in [0.2, 0.25) is 0 Å². The number of phenolic OH excluding ortho intramolecular Hbond substituents is 1. The van der Waals surface area contributed by atoms with E-state index in [1.54, 1.807) is 29.0 Å². The molecule has 3 N–H and O–H groups in total. The van der Waals surface area contributed by atoms with Gasteiger partial charge in [-0.3, -0.25) is 4.79 Å². The Hall–Kier alpha value is -3.53. The van der Waals surface area contributed by atoms with Gasteiger partial charge in [-0.1, -0.05) is 0 Å². The number of fused-ring (bicyclic) bond motifs is 2. The van der Waals surface area contributed by atoms with E-state index < -0.39 is 6.17 Å². The maximum absolute atomic E-state index is 15.0. The van der Waals surface area contributed by atoms with Gasteiger partial charge in [0.15, 0.2) is 5.82 Å². The molecule has 0 aliphatic carbocycles. The summed E-state index contributed by atoms with van der Waals surface area (Å²) in [5.74, 6) is 0.359. The van der Waals surface area contributed by atoms with Crippen molar-refractivity contribution in [1.29, 1.82) is 0 Å². The van der Waals surface area contributed by atoms with E-state index in [9.17, 15) is 14.3 Å². The quantitative estimate of drug-likeness (QED) is 0.501. The highest BCUT2D eigenvalue weighted by Gasteiger charge is 2.43. The topological polar surface area (TPSA) is 108 Å². The van der Waals surface area contributed by atoms with E-state index in [1.807, 2.05) is 44.9 Å². The van der Waals surface area contributed by atoms with Gasteiger partial charge in [-0.15, -0.1) is 10.2 Å². The lowest BCUT2D eigenvalue weighted by Crippen LogP contribution is -2.55. The molecule has 36 heavy (non-hydrogen) atoms. The van der Waals surface area contributed by atoms with Crippen molar-refractivity contribution in [3.05, 3.63) is 48.5 Å². The molecule has 190 valence electrons. The number of aromatic hydroxyl groups is 1. The van der Waals surface area contributed by atoms with Crippen molar-refractivity contribution < 1.29 is 14.3 Å². The molecule has 0 radical (unpaired) electrons. The number of piperidine rings is 1. The molecule has 2 bridgehead atoms. The van der Waals surface area contributed by atoms with Crippen LogP contribution < -0.4 is 15.5 Å². The molecule has 2 aliphatic heterocycles. The number of aromatic nitrogens is 4. The van der Waals surface area contributed by atoms with Gasteiger partial charge in [0.25, 0.3) is 5.91 Å². The molecule has 0 spiro atoms. The van der Waals surface area contributed by atoms with Gasteiger partial charge in [-0.2, -0.15) is 0 Å². The number of nitrogens with one attached hydrogen (secondary N) is 2. The number of hydrogen-bond donors (Lipinski definition) is 3. The second-order valence-electron chi connectivity index (χ2n) is 10.8. The molecule has 9 nitrogen and oxygen atoms in total. The van der Waals surface area contributed by atoms with Crippen LogP contribution in [0.25, 0.3) is 16.9 Å². The smallest absolute Gasteiger partial charge is 0.271 e. The second kappa shape index (κ2) is 9.16. The fraction of sp³-hybridized carbons (Fsp3) is 0.462. The molecule has 1 amide bonds. The summed E-state index contributed by atoms with van der Waals surface area (Å²) in [5.41, 5.74) is 1.60. The number of phenols is 1. The highest BCUT2D eigenvalue weighted by molar-refractivity contribution is 5.92. The van der Waals surface area contributed by atoms with E-state index in [4.69, 9.17) is 0 Å². The molecule has 5 rings (SSSR count). The standard InChI is InChI=1S/C26H32FN7O2/c1-26(2,3)30-25(36)20-13-34(14-28-20)16-6-7-17(22(35)12-16)18-9-10-23(32-31-18)33(4)21-11-15-5-8-19(29-15)24(21)27/h6-7,9-10,12-15,19,21,24,29,35H,5,8,11H2,1-4H3,(H,30,36)/t15-,19+,21-,24+/m0/s1. The molecular weight excluding hydrogens is 461 g/mol. The largest absolute Gasteiger partial charge is 0.507 e. The van der Waals surface area contributed by atoms with Gasteiger partial charge in [-0.05, 0) is 64.3 Å². The molecule has 10 heteroatoms. The summed E-state index contributed by atoms with van der Waals surface area (Å²) in [4.78, 5) is 18.4. The number of benzene rings is 1. The third-order valence-electron chi connectivity index (χ3n) is 6.92. The zero-order valence-corrected chi connectivity index (χ0v) is 20.9. The zero-order chi connectivity index (χ0) is 25.6. The Bertz CT molecular complexity index is 1250. The molecular formula is C26H32FN7O2. The predicted octanol–water partition coefficient (Wildman–Crippen LogP) is 3.23. The first-order valence-corrected chi connectivity index (χ1v) is 12.3. The van der Waals surface area contributed by atoms with Crippen molar-refractivity contribution >= 4 is 11.7 Å². The minimum atomic E-state index is -0.949. The summed E-state index contributed by atoms with van der Waals surface area (Å²) >= 11 is 0. The minimum absolute atomic E-state index is 0.0241. The molecule has 4 heterocycles. The van der Waals surface area contributed by atoms with Crippen molar-refractivity contribution in [3.63, 3.8) is 0 Å². The van der Waals surface area contributed by atoms with Gasteiger partial charge < -0.3 is 25.2 Å². The Balaban J connectivity index is 1.31. The van der Waals surface area contributed by atoms with Gasteiger partial charge in [0.1, 0.15) is 23.9 Å². The summed E-state index contributed by atoms with van der Waals surface area (Å²) in [6.07, 6.45) is 4.83. The first-order valence-electron chi connectivity index (χ1n) is 12.3. The highest BCUT2D eigenvalue weighted by atomic mass is 19.1. The lowest BCUT2D eigenvalue weighted by atomic mass is 9.96.